The van der Waals surface area contributed by atoms with E-state index in [1.54, 1.807) is 0 Å². The number of hydrogen-bond acceptors (Lipinski definition) is 3. The molecule has 0 radical (unpaired) electrons. The van der Waals surface area contributed by atoms with Crippen LogP contribution < -0.4 is 0 Å². The van der Waals surface area contributed by atoms with Gasteiger partial charge in [0, 0.05) is 19.1 Å². The van der Waals surface area contributed by atoms with Gasteiger partial charge in [0.1, 0.15) is 6.61 Å². The van der Waals surface area contributed by atoms with Crippen molar-refractivity contribution in [2.75, 3.05) is 26.2 Å². The van der Waals surface area contributed by atoms with Crippen molar-refractivity contribution in [2.24, 2.45) is 0 Å². The highest BCUT2D eigenvalue weighted by molar-refractivity contribution is 5.68. The number of benzene rings is 1. The lowest BCUT2D eigenvalue weighted by atomic mass is 10.1. The predicted octanol–water partition coefficient (Wildman–Crippen LogP) is 2.49. The second-order valence-corrected chi connectivity index (χ2v) is 5.68. The summed E-state index contributed by atoms with van der Waals surface area (Å²) in [6, 6.07) is 10.2. The summed E-state index contributed by atoms with van der Waals surface area (Å²) in [5, 5.41) is 0. The molecule has 3 rings (SSSR count). The highest BCUT2D eigenvalue weighted by Crippen LogP contribution is 2.21. The van der Waals surface area contributed by atoms with Crippen molar-refractivity contribution in [1.29, 1.82) is 0 Å². The van der Waals surface area contributed by atoms with Gasteiger partial charge in [-0.15, -0.1) is 0 Å². The van der Waals surface area contributed by atoms with E-state index in [9.17, 15) is 4.79 Å². The van der Waals surface area contributed by atoms with Gasteiger partial charge in [-0.1, -0.05) is 30.3 Å². The average molecular weight is 274 g/mol. The molecular formula is C16H22N2O2. The average Bonchev–Trinajstić information content (AvgIpc) is 2.90. The first-order valence-electron chi connectivity index (χ1n) is 7.52. The summed E-state index contributed by atoms with van der Waals surface area (Å²) >= 11 is 0. The van der Waals surface area contributed by atoms with Crippen LogP contribution in [-0.4, -0.2) is 48.1 Å². The zero-order valence-electron chi connectivity index (χ0n) is 11.8. The molecular weight excluding hydrogens is 252 g/mol. The Morgan fingerprint density at radius 2 is 1.95 bits per heavy atom. The first kappa shape index (κ1) is 13.4. The van der Waals surface area contributed by atoms with Gasteiger partial charge in [-0.3, -0.25) is 0 Å². The standard InChI is InChI=1S/C16H22N2O2/c19-16(20-13-14-6-2-1-3-7-14)18-11-4-8-15(18)12-17-9-5-10-17/h1-3,6-7,15H,4-5,8-13H2/t15-/m1/s1. The van der Waals surface area contributed by atoms with Gasteiger partial charge in [0.2, 0.25) is 0 Å². The lowest BCUT2D eigenvalue weighted by Gasteiger charge is -2.35. The van der Waals surface area contributed by atoms with Gasteiger partial charge in [-0.05, 0) is 37.9 Å². The number of amides is 1. The number of nitrogens with zero attached hydrogens (tertiary/aromatic N) is 2. The minimum absolute atomic E-state index is 0.156. The van der Waals surface area contributed by atoms with Crippen LogP contribution in [0.3, 0.4) is 0 Å². The molecule has 2 aliphatic heterocycles. The zero-order valence-corrected chi connectivity index (χ0v) is 11.8. The third-order valence-corrected chi connectivity index (χ3v) is 4.23. The minimum atomic E-state index is -0.156. The van der Waals surface area contributed by atoms with Gasteiger partial charge in [-0.25, -0.2) is 4.79 Å². The molecule has 4 heteroatoms. The third kappa shape index (κ3) is 3.12. The third-order valence-electron chi connectivity index (χ3n) is 4.23. The molecule has 1 amide bonds. The van der Waals surface area contributed by atoms with Gasteiger partial charge < -0.3 is 14.5 Å². The fraction of sp³-hybridized carbons (Fsp3) is 0.562. The van der Waals surface area contributed by atoms with Gasteiger partial charge >= 0.3 is 6.09 Å². The number of ether oxygens (including phenoxy) is 1. The predicted molar refractivity (Wildman–Crippen MR) is 77.4 cm³/mol. The molecule has 0 aliphatic carbocycles. The second kappa shape index (κ2) is 6.27. The van der Waals surface area contributed by atoms with E-state index in [0.29, 0.717) is 12.6 Å². The van der Waals surface area contributed by atoms with Crippen molar-refractivity contribution in [3.05, 3.63) is 35.9 Å². The number of rotatable bonds is 4. The quantitative estimate of drug-likeness (QED) is 0.845. The topological polar surface area (TPSA) is 32.8 Å². The van der Waals surface area contributed by atoms with Crippen molar-refractivity contribution in [3.63, 3.8) is 0 Å². The molecule has 0 unspecified atom stereocenters. The highest BCUT2D eigenvalue weighted by atomic mass is 16.6. The summed E-state index contributed by atoms with van der Waals surface area (Å²) in [7, 11) is 0. The first-order chi connectivity index (χ1) is 9.83. The monoisotopic (exact) mass is 274 g/mol. The molecule has 2 saturated heterocycles. The summed E-state index contributed by atoms with van der Waals surface area (Å²) in [6.07, 6.45) is 3.35. The molecule has 0 N–H and O–H groups in total. The van der Waals surface area contributed by atoms with Crippen LogP contribution in [0.2, 0.25) is 0 Å². The second-order valence-electron chi connectivity index (χ2n) is 5.68. The number of carbonyl (C=O) groups excluding carboxylic acids is 1. The Morgan fingerprint density at radius 3 is 2.65 bits per heavy atom. The van der Waals surface area contributed by atoms with Crippen LogP contribution in [-0.2, 0) is 11.3 Å². The summed E-state index contributed by atoms with van der Waals surface area (Å²) in [5.74, 6) is 0. The van der Waals surface area contributed by atoms with E-state index in [4.69, 9.17) is 4.74 Å². The summed E-state index contributed by atoms with van der Waals surface area (Å²) in [5.41, 5.74) is 1.04. The molecule has 2 fully saturated rings. The van der Waals surface area contributed by atoms with Crippen molar-refractivity contribution in [2.45, 2.75) is 31.9 Å². The fourth-order valence-electron chi connectivity index (χ4n) is 2.93. The number of hydrogen-bond donors (Lipinski definition) is 0. The Bertz CT molecular complexity index is 445. The number of likely N-dealkylation sites (tertiary alicyclic amines) is 2. The molecule has 4 nitrogen and oxygen atoms in total. The first-order valence-corrected chi connectivity index (χ1v) is 7.52. The molecule has 2 heterocycles. The van der Waals surface area contributed by atoms with Gasteiger partial charge in [-0.2, -0.15) is 0 Å². The SMILES string of the molecule is O=C(OCc1ccccc1)N1CCC[C@@H]1CN1CCC1. The van der Waals surface area contributed by atoms with Crippen molar-refractivity contribution < 1.29 is 9.53 Å². The minimum Gasteiger partial charge on any atom is -0.445 e. The van der Waals surface area contributed by atoms with E-state index in [2.05, 4.69) is 4.90 Å². The molecule has 1 atom stereocenters. The largest absolute Gasteiger partial charge is 0.445 e. The van der Waals surface area contributed by atoms with Crippen LogP contribution >= 0.6 is 0 Å². The van der Waals surface area contributed by atoms with E-state index in [0.717, 1.165) is 31.5 Å². The number of carbonyl (C=O) groups is 1. The van der Waals surface area contributed by atoms with Crippen LogP contribution in [0.5, 0.6) is 0 Å². The summed E-state index contributed by atoms with van der Waals surface area (Å²) in [6.45, 7) is 4.59. The lowest BCUT2D eigenvalue weighted by Crippen LogP contribution is -2.47. The smallest absolute Gasteiger partial charge is 0.410 e. The van der Waals surface area contributed by atoms with Crippen LogP contribution in [0.1, 0.15) is 24.8 Å². The maximum atomic E-state index is 12.2. The maximum absolute atomic E-state index is 12.2. The Kier molecular flexibility index (Phi) is 4.21. The van der Waals surface area contributed by atoms with Crippen LogP contribution in [0.25, 0.3) is 0 Å². The molecule has 108 valence electrons. The Morgan fingerprint density at radius 1 is 1.15 bits per heavy atom. The van der Waals surface area contributed by atoms with E-state index in [1.165, 1.54) is 19.5 Å². The van der Waals surface area contributed by atoms with Crippen LogP contribution in [0.4, 0.5) is 4.79 Å². The van der Waals surface area contributed by atoms with Crippen molar-refractivity contribution in [3.8, 4) is 0 Å². The Labute approximate surface area is 120 Å². The van der Waals surface area contributed by atoms with Crippen molar-refractivity contribution in [1.82, 2.24) is 9.80 Å². The lowest BCUT2D eigenvalue weighted by molar-refractivity contribution is 0.0754. The summed E-state index contributed by atoms with van der Waals surface area (Å²) < 4.78 is 5.44. The van der Waals surface area contributed by atoms with E-state index < -0.39 is 0 Å². The van der Waals surface area contributed by atoms with E-state index >= 15 is 0 Å². The fourth-order valence-corrected chi connectivity index (χ4v) is 2.93. The molecule has 20 heavy (non-hydrogen) atoms. The Hall–Kier alpha value is -1.55. The molecule has 0 aromatic heterocycles. The molecule has 0 spiro atoms. The molecule has 0 saturated carbocycles. The zero-order chi connectivity index (χ0) is 13.8. The van der Waals surface area contributed by atoms with E-state index in [-0.39, 0.29) is 6.09 Å². The van der Waals surface area contributed by atoms with Gasteiger partial charge in [0.05, 0.1) is 0 Å². The molecule has 1 aromatic rings. The maximum Gasteiger partial charge on any atom is 0.410 e. The molecule has 1 aromatic carbocycles. The van der Waals surface area contributed by atoms with Gasteiger partial charge in [0.25, 0.3) is 0 Å². The molecule has 2 aliphatic rings. The molecule has 0 bridgehead atoms. The Balaban J connectivity index is 1.50. The highest BCUT2D eigenvalue weighted by Gasteiger charge is 2.32. The normalized spacial score (nSPS) is 22.6. The van der Waals surface area contributed by atoms with Crippen LogP contribution in [0.15, 0.2) is 30.3 Å². The van der Waals surface area contributed by atoms with Crippen LogP contribution in [0, 0.1) is 0 Å². The van der Waals surface area contributed by atoms with Gasteiger partial charge in [0.15, 0.2) is 0 Å². The van der Waals surface area contributed by atoms with Crippen molar-refractivity contribution >= 4 is 6.09 Å². The van der Waals surface area contributed by atoms with E-state index in [1.807, 2.05) is 35.2 Å². The summed E-state index contributed by atoms with van der Waals surface area (Å²) in [4.78, 5) is 16.5.